The summed E-state index contributed by atoms with van der Waals surface area (Å²) in [4.78, 5) is 43.6. The van der Waals surface area contributed by atoms with Crippen molar-refractivity contribution in [3.63, 3.8) is 0 Å². The summed E-state index contributed by atoms with van der Waals surface area (Å²) in [6.45, 7) is 3.47. The van der Waals surface area contributed by atoms with Crippen LogP contribution in [-0.2, 0) is 0 Å². The van der Waals surface area contributed by atoms with Crippen molar-refractivity contribution in [2.75, 3.05) is 43.1 Å². The van der Waals surface area contributed by atoms with Crippen LogP contribution in [0.1, 0.15) is 32.2 Å². The number of rotatable bonds is 3. The van der Waals surface area contributed by atoms with Crippen molar-refractivity contribution >= 4 is 34.0 Å². The highest BCUT2D eigenvalue weighted by Gasteiger charge is 2.33. The van der Waals surface area contributed by atoms with Gasteiger partial charge in [0.05, 0.1) is 23.7 Å². The number of ketones is 2. The molecule has 0 spiro atoms. The third-order valence-corrected chi connectivity index (χ3v) is 6.43. The molecule has 3 heterocycles. The van der Waals surface area contributed by atoms with Crippen LogP contribution >= 0.6 is 0 Å². The summed E-state index contributed by atoms with van der Waals surface area (Å²) in [6.07, 6.45) is 1.51. The van der Waals surface area contributed by atoms with Gasteiger partial charge in [0.25, 0.3) is 0 Å². The van der Waals surface area contributed by atoms with Crippen molar-refractivity contribution in [2.24, 2.45) is 0 Å². The van der Waals surface area contributed by atoms with Crippen LogP contribution in [0.5, 0.6) is 5.75 Å². The molecule has 168 valence electrons. The predicted molar refractivity (Wildman–Crippen MR) is 128 cm³/mol. The number of carbonyl (C=O) groups excluding carboxylic acids is 2. The van der Waals surface area contributed by atoms with E-state index in [9.17, 15) is 9.59 Å². The zero-order chi connectivity index (χ0) is 23.2. The lowest BCUT2D eigenvalue weighted by Crippen LogP contribution is -2.46. The van der Waals surface area contributed by atoms with E-state index in [1.165, 1.54) is 11.9 Å². The van der Waals surface area contributed by atoms with Crippen LogP contribution in [0.4, 0.5) is 11.4 Å². The minimum Gasteiger partial charge on any atom is -0.497 e. The van der Waals surface area contributed by atoms with Gasteiger partial charge >= 0.3 is 0 Å². The molecule has 0 N–H and O–H groups in total. The van der Waals surface area contributed by atoms with Gasteiger partial charge in [0.15, 0.2) is 0 Å². The molecule has 0 bridgehead atoms. The second kappa shape index (κ2) is 7.91. The van der Waals surface area contributed by atoms with E-state index in [4.69, 9.17) is 4.74 Å². The molecule has 0 saturated carbocycles. The summed E-state index contributed by atoms with van der Waals surface area (Å²) in [5.74, 6) is 0.172. The summed E-state index contributed by atoms with van der Waals surface area (Å²) in [7, 11) is 1.67. The molecule has 0 amide bonds. The van der Waals surface area contributed by atoms with E-state index in [0.29, 0.717) is 11.0 Å². The van der Waals surface area contributed by atoms with E-state index in [2.05, 4.69) is 36.9 Å². The molecule has 1 saturated heterocycles. The topological polar surface area (TPSA) is 88.5 Å². The van der Waals surface area contributed by atoms with Gasteiger partial charge in [-0.2, -0.15) is 0 Å². The molecule has 0 atom stereocenters. The average Bonchev–Trinajstić information content (AvgIpc) is 2.91. The van der Waals surface area contributed by atoms with Gasteiger partial charge in [0, 0.05) is 43.8 Å². The number of ether oxygens (including phenoxy) is 1. The van der Waals surface area contributed by atoms with Gasteiger partial charge in [-0.15, -0.1) is 0 Å². The van der Waals surface area contributed by atoms with Crippen LogP contribution in [0.25, 0.3) is 11.0 Å². The third kappa shape index (κ3) is 3.26. The molecule has 1 fully saturated rings. The molecular weight excluding hydrogens is 430 g/mol. The normalized spacial score (nSPS) is 15.3. The summed E-state index contributed by atoms with van der Waals surface area (Å²) in [5, 5.41) is 0. The minimum absolute atomic E-state index is 0.0742. The van der Waals surface area contributed by atoms with Crippen LogP contribution in [-0.4, -0.2) is 59.8 Å². The van der Waals surface area contributed by atoms with E-state index in [-0.39, 0.29) is 34.2 Å². The molecule has 8 heteroatoms. The Morgan fingerprint density at radius 2 is 1.38 bits per heavy atom. The molecule has 2 aromatic carbocycles. The number of carbonyl (C=O) groups is 2. The summed E-state index contributed by atoms with van der Waals surface area (Å²) in [6, 6.07) is 17.2. The van der Waals surface area contributed by atoms with Crippen LogP contribution in [0.3, 0.4) is 0 Å². The standard InChI is InChI=1S/C26H21N5O3/c1-34-18-7-4-16(5-8-18)30-11-13-31(14-12-30)17-6-9-20-21(15-17)29-24-23(28-20)25(32)19-3-2-10-27-22(19)26(24)33/h2-10,15H,11-14H2,1H3. The number of methoxy groups -OCH3 is 1. The second-order valence-electron chi connectivity index (χ2n) is 8.32. The molecule has 2 aliphatic rings. The molecule has 8 nitrogen and oxygen atoms in total. The van der Waals surface area contributed by atoms with E-state index >= 15 is 0 Å². The first-order valence-electron chi connectivity index (χ1n) is 11.1. The maximum Gasteiger partial charge on any atom is 0.232 e. The van der Waals surface area contributed by atoms with E-state index in [0.717, 1.165) is 37.6 Å². The van der Waals surface area contributed by atoms with Crippen LogP contribution in [0.2, 0.25) is 0 Å². The van der Waals surface area contributed by atoms with E-state index in [1.807, 2.05) is 30.3 Å². The first-order chi connectivity index (χ1) is 16.6. The lowest BCUT2D eigenvalue weighted by Gasteiger charge is -2.37. The second-order valence-corrected chi connectivity index (χ2v) is 8.32. The number of anilines is 2. The first kappa shape index (κ1) is 20.3. The van der Waals surface area contributed by atoms with Gasteiger partial charge in [-0.1, -0.05) is 0 Å². The van der Waals surface area contributed by atoms with Crippen LogP contribution < -0.4 is 14.5 Å². The molecule has 2 aromatic heterocycles. The highest BCUT2D eigenvalue weighted by Crippen LogP contribution is 2.28. The van der Waals surface area contributed by atoms with Crippen molar-refractivity contribution in [1.82, 2.24) is 15.0 Å². The summed E-state index contributed by atoms with van der Waals surface area (Å²) < 4.78 is 5.25. The molecule has 1 aliphatic carbocycles. The molecular formula is C26H21N5O3. The highest BCUT2D eigenvalue weighted by molar-refractivity contribution is 6.26. The SMILES string of the molecule is COc1ccc(N2CCN(c3ccc4nc5c(nc4c3)C(=O)c3ncccc3C5=O)CC2)cc1. The third-order valence-electron chi connectivity index (χ3n) is 6.43. The van der Waals surface area contributed by atoms with Gasteiger partial charge < -0.3 is 14.5 Å². The monoisotopic (exact) mass is 451 g/mol. The quantitative estimate of drug-likeness (QED) is 0.413. The lowest BCUT2D eigenvalue weighted by atomic mass is 9.93. The Hall–Kier alpha value is -4.33. The largest absolute Gasteiger partial charge is 0.497 e. The van der Waals surface area contributed by atoms with Gasteiger partial charge in [-0.3, -0.25) is 14.6 Å². The Labute approximate surface area is 195 Å². The Bertz CT molecular complexity index is 1440. The Morgan fingerprint density at radius 3 is 2.12 bits per heavy atom. The number of fused-ring (bicyclic) bond motifs is 3. The zero-order valence-corrected chi connectivity index (χ0v) is 18.6. The molecule has 6 rings (SSSR count). The molecule has 1 aliphatic heterocycles. The fourth-order valence-corrected chi connectivity index (χ4v) is 4.58. The van der Waals surface area contributed by atoms with Crippen LogP contribution in [0, 0.1) is 0 Å². The zero-order valence-electron chi connectivity index (χ0n) is 18.6. The van der Waals surface area contributed by atoms with Crippen molar-refractivity contribution in [3.8, 4) is 5.75 Å². The van der Waals surface area contributed by atoms with Gasteiger partial charge in [0.1, 0.15) is 22.8 Å². The molecule has 34 heavy (non-hydrogen) atoms. The number of hydrogen-bond acceptors (Lipinski definition) is 8. The highest BCUT2D eigenvalue weighted by atomic mass is 16.5. The Morgan fingerprint density at radius 1 is 0.735 bits per heavy atom. The maximum atomic E-state index is 13.0. The number of pyridine rings is 1. The fourth-order valence-electron chi connectivity index (χ4n) is 4.58. The number of aromatic nitrogens is 3. The maximum absolute atomic E-state index is 13.0. The lowest BCUT2D eigenvalue weighted by molar-refractivity contribution is 0.0968. The number of hydrogen-bond donors (Lipinski definition) is 0. The van der Waals surface area contributed by atoms with Crippen molar-refractivity contribution in [2.45, 2.75) is 0 Å². The predicted octanol–water partition coefficient (Wildman–Crippen LogP) is 3.14. The number of piperazine rings is 1. The number of benzene rings is 2. The van der Waals surface area contributed by atoms with E-state index in [1.54, 1.807) is 19.2 Å². The Balaban J connectivity index is 1.26. The van der Waals surface area contributed by atoms with Crippen molar-refractivity contribution in [1.29, 1.82) is 0 Å². The van der Waals surface area contributed by atoms with E-state index < -0.39 is 0 Å². The molecule has 0 radical (unpaired) electrons. The van der Waals surface area contributed by atoms with Gasteiger partial charge in [0.2, 0.25) is 11.6 Å². The van der Waals surface area contributed by atoms with Gasteiger partial charge in [-0.05, 0) is 54.6 Å². The van der Waals surface area contributed by atoms with Gasteiger partial charge in [-0.25, -0.2) is 9.97 Å². The summed E-state index contributed by atoms with van der Waals surface area (Å²) in [5.41, 5.74) is 3.96. The summed E-state index contributed by atoms with van der Waals surface area (Å²) >= 11 is 0. The first-order valence-corrected chi connectivity index (χ1v) is 11.1. The smallest absolute Gasteiger partial charge is 0.232 e. The van der Waals surface area contributed by atoms with Crippen molar-refractivity contribution in [3.05, 3.63) is 83.4 Å². The molecule has 0 unspecified atom stereocenters. The minimum atomic E-state index is -0.363. The molecule has 4 aromatic rings. The van der Waals surface area contributed by atoms with Crippen molar-refractivity contribution < 1.29 is 14.3 Å². The van der Waals surface area contributed by atoms with Crippen LogP contribution in [0.15, 0.2) is 60.8 Å². The fraction of sp³-hybridized carbons (Fsp3) is 0.192. The average molecular weight is 451 g/mol. The number of nitrogens with zero attached hydrogens (tertiary/aromatic N) is 5. The Kier molecular flexibility index (Phi) is 4.72.